The maximum atomic E-state index is 11.9. The molecule has 0 radical (unpaired) electrons. The highest BCUT2D eigenvalue weighted by Gasteiger charge is 2.18. The molecule has 104 valence electrons. The molecule has 1 saturated carbocycles. The molecule has 0 bridgehead atoms. The van der Waals surface area contributed by atoms with Crippen LogP contribution in [0, 0.1) is 5.92 Å². The topological polar surface area (TPSA) is 68.5 Å². The number of hydrogen-bond acceptors (Lipinski definition) is 4. The summed E-state index contributed by atoms with van der Waals surface area (Å²) >= 11 is 0. The summed E-state index contributed by atoms with van der Waals surface area (Å²) < 4.78 is 6.48. The molecular weight excluding hydrogens is 246 g/mol. The lowest BCUT2D eigenvalue weighted by atomic mass is 9.90. The van der Waals surface area contributed by atoms with Crippen LogP contribution in [0.4, 0.5) is 0 Å². The molecule has 1 aromatic heterocycles. The van der Waals surface area contributed by atoms with E-state index in [1.54, 1.807) is 0 Å². The molecule has 1 aliphatic rings. The van der Waals surface area contributed by atoms with Gasteiger partial charge in [0.25, 0.3) is 5.56 Å². The van der Waals surface area contributed by atoms with Crippen LogP contribution in [0.15, 0.2) is 17.1 Å². The second-order valence-electron chi connectivity index (χ2n) is 5.12. The van der Waals surface area contributed by atoms with E-state index in [0.717, 1.165) is 18.9 Å². The van der Waals surface area contributed by atoms with E-state index < -0.39 is 5.97 Å². The Balaban J connectivity index is 1.99. The second-order valence-corrected chi connectivity index (χ2v) is 5.12. The Morgan fingerprint density at radius 2 is 2.11 bits per heavy atom. The minimum atomic E-state index is -0.571. The van der Waals surface area contributed by atoms with Gasteiger partial charge in [0.2, 0.25) is 0 Å². The van der Waals surface area contributed by atoms with Crippen molar-refractivity contribution in [3.05, 3.63) is 28.2 Å². The summed E-state index contributed by atoms with van der Waals surface area (Å²) in [6, 6.07) is 1.03. The number of carbonyl (C=O) groups is 1. The number of aromatic nitrogens is 1. The smallest absolute Gasteiger partial charge is 0.343 e. The average Bonchev–Trinajstić information content (AvgIpc) is 2.41. The second kappa shape index (κ2) is 5.91. The molecule has 0 unspecified atom stereocenters. The number of nitrogens with zero attached hydrogens (tertiary/aromatic N) is 1. The molecule has 1 heterocycles. The van der Waals surface area contributed by atoms with E-state index in [9.17, 15) is 14.7 Å². The van der Waals surface area contributed by atoms with E-state index in [1.165, 1.54) is 37.1 Å². The van der Waals surface area contributed by atoms with E-state index in [2.05, 4.69) is 0 Å². The quantitative estimate of drug-likeness (QED) is 0.846. The highest BCUT2D eigenvalue weighted by molar-refractivity contribution is 5.91. The maximum Gasteiger partial charge on any atom is 0.343 e. The molecule has 5 nitrogen and oxygen atoms in total. The van der Waals surface area contributed by atoms with Gasteiger partial charge in [-0.05, 0) is 18.8 Å². The van der Waals surface area contributed by atoms with Gasteiger partial charge in [-0.15, -0.1) is 0 Å². The molecule has 1 fully saturated rings. The van der Waals surface area contributed by atoms with Crippen molar-refractivity contribution in [3.8, 4) is 5.75 Å². The summed E-state index contributed by atoms with van der Waals surface area (Å²) in [5.74, 6) is -0.470. The van der Waals surface area contributed by atoms with Crippen molar-refractivity contribution >= 4 is 5.97 Å². The third kappa shape index (κ3) is 3.36. The molecule has 0 aromatic carbocycles. The largest absolute Gasteiger partial charge is 0.507 e. The molecule has 5 heteroatoms. The van der Waals surface area contributed by atoms with Gasteiger partial charge in [-0.3, -0.25) is 4.79 Å². The summed E-state index contributed by atoms with van der Waals surface area (Å²) in [6.07, 6.45) is 7.12. The van der Waals surface area contributed by atoms with Crippen molar-refractivity contribution < 1.29 is 14.6 Å². The van der Waals surface area contributed by atoms with Gasteiger partial charge in [0.1, 0.15) is 11.3 Å². The number of carbonyl (C=O) groups excluding carboxylic acids is 1. The molecule has 1 aliphatic carbocycles. The molecule has 0 atom stereocenters. The molecule has 1 N–H and O–H groups in total. The minimum Gasteiger partial charge on any atom is -0.507 e. The van der Waals surface area contributed by atoms with E-state index >= 15 is 0 Å². The predicted octanol–water partition coefficient (Wildman–Crippen LogP) is 1.83. The Bertz CT molecular complexity index is 515. The minimum absolute atomic E-state index is 0.0397. The number of esters is 1. The number of hydrogen-bond donors (Lipinski definition) is 1. The van der Waals surface area contributed by atoms with Crippen molar-refractivity contribution in [2.24, 2.45) is 13.0 Å². The fourth-order valence-corrected chi connectivity index (χ4v) is 2.40. The fourth-order valence-electron chi connectivity index (χ4n) is 2.40. The molecule has 0 saturated heterocycles. The first-order valence-corrected chi connectivity index (χ1v) is 6.64. The Morgan fingerprint density at radius 1 is 1.42 bits per heavy atom. The first-order chi connectivity index (χ1) is 9.08. The zero-order valence-electron chi connectivity index (χ0n) is 11.1. The summed E-state index contributed by atoms with van der Waals surface area (Å²) in [6.45, 7) is 0.390. The Kier molecular flexibility index (Phi) is 4.24. The van der Waals surface area contributed by atoms with Crippen molar-refractivity contribution in [3.63, 3.8) is 0 Å². The summed E-state index contributed by atoms with van der Waals surface area (Å²) in [4.78, 5) is 23.1. The van der Waals surface area contributed by atoms with Gasteiger partial charge in [-0.2, -0.15) is 0 Å². The lowest BCUT2D eigenvalue weighted by molar-refractivity contribution is 0.0406. The third-order valence-corrected chi connectivity index (χ3v) is 3.60. The van der Waals surface area contributed by atoms with Crippen LogP contribution in [-0.2, 0) is 11.8 Å². The van der Waals surface area contributed by atoms with Gasteiger partial charge in [0.05, 0.1) is 6.61 Å². The maximum absolute atomic E-state index is 11.9. The number of rotatable bonds is 3. The number of pyridine rings is 1. The van der Waals surface area contributed by atoms with Crippen LogP contribution < -0.4 is 5.56 Å². The first kappa shape index (κ1) is 13.6. The van der Waals surface area contributed by atoms with E-state index in [4.69, 9.17) is 4.74 Å². The van der Waals surface area contributed by atoms with Crippen LogP contribution in [0.1, 0.15) is 42.5 Å². The Morgan fingerprint density at radius 3 is 2.79 bits per heavy atom. The van der Waals surface area contributed by atoms with E-state index in [-0.39, 0.29) is 16.9 Å². The molecule has 0 spiro atoms. The standard InChI is InChI=1S/C14H19NO4/c1-15-8-11(12(16)7-13(15)17)14(18)19-9-10-5-3-2-4-6-10/h7-8,10,16H,2-6,9H2,1H3. The molecule has 19 heavy (non-hydrogen) atoms. The monoisotopic (exact) mass is 265 g/mol. The third-order valence-electron chi connectivity index (χ3n) is 3.60. The van der Waals surface area contributed by atoms with Crippen molar-refractivity contribution in [1.82, 2.24) is 4.57 Å². The van der Waals surface area contributed by atoms with Crippen LogP contribution in [0.5, 0.6) is 5.75 Å². The van der Waals surface area contributed by atoms with E-state index in [1.807, 2.05) is 0 Å². The Labute approximate surface area is 111 Å². The van der Waals surface area contributed by atoms with Crippen LogP contribution in [0.2, 0.25) is 0 Å². The molecule has 0 amide bonds. The van der Waals surface area contributed by atoms with E-state index in [0.29, 0.717) is 12.5 Å². The zero-order chi connectivity index (χ0) is 13.8. The summed E-state index contributed by atoms with van der Waals surface area (Å²) in [5, 5.41) is 9.61. The van der Waals surface area contributed by atoms with Gasteiger partial charge in [-0.1, -0.05) is 19.3 Å². The molecular formula is C14H19NO4. The van der Waals surface area contributed by atoms with Crippen molar-refractivity contribution in [1.29, 1.82) is 0 Å². The first-order valence-electron chi connectivity index (χ1n) is 6.64. The zero-order valence-corrected chi connectivity index (χ0v) is 11.1. The lowest BCUT2D eigenvalue weighted by Crippen LogP contribution is -2.20. The lowest BCUT2D eigenvalue weighted by Gasteiger charge is -2.21. The molecule has 0 aliphatic heterocycles. The fraction of sp³-hybridized carbons (Fsp3) is 0.571. The Hall–Kier alpha value is -1.78. The van der Waals surface area contributed by atoms with Gasteiger partial charge in [0.15, 0.2) is 0 Å². The van der Waals surface area contributed by atoms with Crippen LogP contribution in [0.25, 0.3) is 0 Å². The normalized spacial score (nSPS) is 16.3. The summed E-state index contributed by atoms with van der Waals surface area (Å²) in [5.41, 5.74) is -0.320. The highest BCUT2D eigenvalue weighted by atomic mass is 16.5. The van der Waals surface area contributed by atoms with Gasteiger partial charge in [-0.25, -0.2) is 4.79 Å². The van der Waals surface area contributed by atoms with Gasteiger partial charge < -0.3 is 14.4 Å². The molecule has 1 aromatic rings. The van der Waals surface area contributed by atoms with Crippen LogP contribution in [0.3, 0.4) is 0 Å². The molecule has 2 rings (SSSR count). The van der Waals surface area contributed by atoms with Gasteiger partial charge in [0, 0.05) is 19.3 Å². The average molecular weight is 265 g/mol. The number of aromatic hydroxyl groups is 1. The number of aryl methyl sites for hydroxylation is 1. The SMILES string of the molecule is Cn1cc(C(=O)OCC2CCCCC2)c(O)cc1=O. The van der Waals surface area contributed by atoms with Crippen molar-refractivity contribution in [2.45, 2.75) is 32.1 Å². The predicted molar refractivity (Wildman–Crippen MR) is 70.2 cm³/mol. The highest BCUT2D eigenvalue weighted by Crippen LogP contribution is 2.24. The summed E-state index contributed by atoms with van der Waals surface area (Å²) in [7, 11) is 1.53. The van der Waals surface area contributed by atoms with Crippen LogP contribution >= 0.6 is 0 Å². The number of ether oxygens (including phenoxy) is 1. The van der Waals surface area contributed by atoms with Crippen molar-refractivity contribution in [2.75, 3.05) is 6.61 Å². The van der Waals surface area contributed by atoms with Crippen LogP contribution in [-0.4, -0.2) is 22.2 Å². The van der Waals surface area contributed by atoms with Gasteiger partial charge >= 0.3 is 5.97 Å².